The molecule has 1 aromatic heterocycles. The van der Waals surface area contributed by atoms with E-state index in [0.29, 0.717) is 23.4 Å². The molecule has 5 heteroatoms. The molecule has 1 aliphatic heterocycles. The number of carbonyl (C=O) groups is 1. The minimum absolute atomic E-state index is 0.0273. The maximum Gasteiger partial charge on any atom is 0.167 e. The van der Waals surface area contributed by atoms with Gasteiger partial charge in [0.15, 0.2) is 11.6 Å². The molecule has 0 N–H and O–H groups in total. The van der Waals surface area contributed by atoms with Crippen LogP contribution in [-0.4, -0.2) is 16.5 Å². The number of nitrogens with zero attached hydrogens (tertiary/aromatic N) is 2. The Hall–Kier alpha value is -2.07. The van der Waals surface area contributed by atoms with Gasteiger partial charge in [-0.1, -0.05) is 17.7 Å². The Kier molecular flexibility index (Phi) is 3.55. The third-order valence-electron chi connectivity index (χ3n) is 3.41. The van der Waals surface area contributed by atoms with E-state index in [9.17, 15) is 9.18 Å². The second kappa shape index (κ2) is 5.37. The van der Waals surface area contributed by atoms with Gasteiger partial charge in [0.1, 0.15) is 5.82 Å². The minimum Gasteiger partial charge on any atom is -0.294 e. The van der Waals surface area contributed by atoms with Gasteiger partial charge in [0.05, 0.1) is 5.02 Å². The van der Waals surface area contributed by atoms with Crippen LogP contribution in [0.1, 0.15) is 28.4 Å². The Balaban J connectivity index is 1.87. The van der Waals surface area contributed by atoms with Crippen LogP contribution in [0.3, 0.4) is 0 Å². The molecular weight excluding hydrogens is 291 g/mol. The first kappa shape index (κ1) is 13.9. The van der Waals surface area contributed by atoms with Crippen molar-refractivity contribution in [2.75, 3.05) is 0 Å². The van der Waals surface area contributed by atoms with E-state index >= 15 is 0 Å². The van der Waals surface area contributed by atoms with Crippen molar-refractivity contribution in [1.29, 1.82) is 0 Å². The Labute approximate surface area is 126 Å². The average molecular weight is 303 g/mol. The van der Waals surface area contributed by atoms with Crippen molar-refractivity contribution < 1.29 is 9.18 Å². The molecule has 0 saturated heterocycles. The van der Waals surface area contributed by atoms with E-state index in [-0.39, 0.29) is 17.2 Å². The van der Waals surface area contributed by atoms with Gasteiger partial charge in [-0.25, -0.2) is 14.4 Å². The topological polar surface area (TPSA) is 42.3 Å². The third kappa shape index (κ3) is 2.72. The number of hydrogen-bond acceptors (Lipinski definition) is 3. The highest BCUT2D eigenvalue weighted by molar-refractivity contribution is 6.30. The van der Waals surface area contributed by atoms with Crippen LogP contribution >= 0.6 is 11.6 Å². The molecule has 0 amide bonds. The Morgan fingerprint density at radius 1 is 1.38 bits per heavy atom. The van der Waals surface area contributed by atoms with Gasteiger partial charge in [0, 0.05) is 35.9 Å². The van der Waals surface area contributed by atoms with Gasteiger partial charge in [0.2, 0.25) is 0 Å². The van der Waals surface area contributed by atoms with Crippen LogP contribution in [0, 0.1) is 5.82 Å². The molecular formula is C16H12ClFN2O. The molecule has 1 aliphatic rings. The van der Waals surface area contributed by atoms with Crippen molar-refractivity contribution in [3.05, 3.63) is 58.0 Å². The van der Waals surface area contributed by atoms with Crippen LogP contribution in [0.15, 0.2) is 35.5 Å². The van der Waals surface area contributed by atoms with Gasteiger partial charge in [-0.3, -0.25) is 4.79 Å². The van der Waals surface area contributed by atoms with E-state index in [4.69, 9.17) is 11.6 Å². The maximum atomic E-state index is 13.1. The van der Waals surface area contributed by atoms with Crippen molar-refractivity contribution in [2.45, 2.75) is 19.8 Å². The summed E-state index contributed by atoms with van der Waals surface area (Å²) < 4.78 is 13.1. The van der Waals surface area contributed by atoms with E-state index in [2.05, 4.69) is 9.98 Å². The second-order valence-corrected chi connectivity index (χ2v) is 5.44. The lowest BCUT2D eigenvalue weighted by molar-refractivity contribution is 0.0992. The van der Waals surface area contributed by atoms with Gasteiger partial charge in [0.25, 0.3) is 0 Å². The quantitative estimate of drug-likeness (QED) is 0.806. The first-order chi connectivity index (χ1) is 10.0. The molecule has 0 radical (unpaired) electrons. The van der Waals surface area contributed by atoms with Gasteiger partial charge in [-0.2, -0.15) is 0 Å². The summed E-state index contributed by atoms with van der Waals surface area (Å²) in [7, 11) is 0. The highest BCUT2D eigenvalue weighted by Gasteiger charge is 2.20. The molecule has 0 bridgehead atoms. The van der Waals surface area contributed by atoms with Crippen molar-refractivity contribution in [2.24, 2.45) is 4.99 Å². The van der Waals surface area contributed by atoms with E-state index < -0.39 is 5.82 Å². The van der Waals surface area contributed by atoms with Crippen LogP contribution in [0.25, 0.3) is 0 Å². The van der Waals surface area contributed by atoms with E-state index in [1.807, 2.05) is 6.92 Å². The molecule has 2 aromatic rings. The predicted molar refractivity (Wildman–Crippen MR) is 80.2 cm³/mol. The van der Waals surface area contributed by atoms with Crippen LogP contribution < -0.4 is 0 Å². The molecule has 0 fully saturated rings. The van der Waals surface area contributed by atoms with Crippen LogP contribution in [0.5, 0.6) is 0 Å². The van der Waals surface area contributed by atoms with Crippen molar-refractivity contribution in [3.63, 3.8) is 0 Å². The number of halogens is 2. The molecule has 21 heavy (non-hydrogen) atoms. The summed E-state index contributed by atoms with van der Waals surface area (Å²) in [5, 5.41) is 0.0273. The normalized spacial score (nSPS) is 13.0. The molecule has 0 unspecified atom stereocenters. The fourth-order valence-electron chi connectivity index (χ4n) is 2.42. The summed E-state index contributed by atoms with van der Waals surface area (Å²) in [6.45, 7) is 1.91. The SMILES string of the molecule is CC1=Nc2nccc(C(=O)Cc3ccc(F)c(Cl)c3)c2C1. The lowest BCUT2D eigenvalue weighted by Crippen LogP contribution is -2.08. The summed E-state index contributed by atoms with van der Waals surface area (Å²) in [4.78, 5) is 20.9. The van der Waals surface area contributed by atoms with Crippen molar-refractivity contribution in [3.8, 4) is 0 Å². The highest BCUT2D eigenvalue weighted by Crippen LogP contribution is 2.28. The molecule has 106 valence electrons. The monoisotopic (exact) mass is 302 g/mol. The minimum atomic E-state index is -0.485. The zero-order chi connectivity index (χ0) is 15.0. The zero-order valence-corrected chi connectivity index (χ0v) is 12.1. The number of fused-ring (bicyclic) bond motifs is 1. The molecule has 2 heterocycles. The number of hydrogen-bond donors (Lipinski definition) is 0. The molecule has 0 spiro atoms. The Bertz CT molecular complexity index is 771. The third-order valence-corrected chi connectivity index (χ3v) is 3.70. The fourth-order valence-corrected chi connectivity index (χ4v) is 2.62. The lowest BCUT2D eigenvalue weighted by atomic mass is 9.98. The van der Waals surface area contributed by atoms with Crippen molar-refractivity contribution >= 4 is 28.9 Å². The number of ketones is 1. The standard InChI is InChI=1S/C16H12ClFN2O/c1-9-6-12-11(4-5-19-16(12)20-9)15(21)8-10-2-3-14(18)13(17)7-10/h2-5,7H,6,8H2,1H3. The molecule has 1 aromatic carbocycles. The first-order valence-corrected chi connectivity index (χ1v) is 6.91. The summed E-state index contributed by atoms with van der Waals surface area (Å²) >= 11 is 5.74. The molecule has 3 rings (SSSR count). The summed E-state index contributed by atoms with van der Waals surface area (Å²) in [5.74, 6) is 0.0957. The molecule has 0 atom stereocenters. The number of benzene rings is 1. The molecule has 0 aliphatic carbocycles. The zero-order valence-electron chi connectivity index (χ0n) is 11.4. The smallest absolute Gasteiger partial charge is 0.167 e. The second-order valence-electron chi connectivity index (χ2n) is 5.03. The fraction of sp³-hybridized carbons (Fsp3) is 0.188. The maximum absolute atomic E-state index is 13.1. The lowest BCUT2D eigenvalue weighted by Gasteiger charge is -2.07. The number of Topliss-reactive ketones (excluding diaryl/α,β-unsaturated/α-hetero) is 1. The largest absolute Gasteiger partial charge is 0.294 e. The van der Waals surface area contributed by atoms with Gasteiger partial charge in [-0.05, 0) is 30.7 Å². The summed E-state index contributed by atoms with van der Waals surface area (Å²) in [5.41, 5.74) is 3.13. The van der Waals surface area contributed by atoms with Crippen LogP contribution in [0.2, 0.25) is 5.02 Å². The Morgan fingerprint density at radius 2 is 2.19 bits per heavy atom. The van der Waals surface area contributed by atoms with Crippen LogP contribution in [0.4, 0.5) is 10.2 Å². The summed E-state index contributed by atoms with van der Waals surface area (Å²) in [6.07, 6.45) is 2.41. The number of rotatable bonds is 3. The molecule has 3 nitrogen and oxygen atoms in total. The number of aromatic nitrogens is 1. The van der Waals surface area contributed by atoms with Gasteiger partial charge < -0.3 is 0 Å². The molecule has 0 saturated carbocycles. The summed E-state index contributed by atoms with van der Waals surface area (Å²) in [6, 6.07) is 6.04. The number of aliphatic imine (C=N–C) groups is 1. The number of carbonyl (C=O) groups excluding carboxylic acids is 1. The van der Waals surface area contributed by atoms with Crippen molar-refractivity contribution in [1.82, 2.24) is 4.98 Å². The Morgan fingerprint density at radius 3 is 2.95 bits per heavy atom. The van der Waals surface area contributed by atoms with E-state index in [1.54, 1.807) is 18.3 Å². The van der Waals surface area contributed by atoms with Gasteiger partial charge >= 0.3 is 0 Å². The van der Waals surface area contributed by atoms with E-state index in [1.165, 1.54) is 12.1 Å². The van der Waals surface area contributed by atoms with E-state index in [0.717, 1.165) is 11.3 Å². The predicted octanol–water partition coefficient (Wildman–Crippen LogP) is 3.95. The van der Waals surface area contributed by atoms with Gasteiger partial charge in [-0.15, -0.1) is 0 Å². The number of pyridine rings is 1. The average Bonchev–Trinajstić information content (AvgIpc) is 2.82. The first-order valence-electron chi connectivity index (χ1n) is 6.54. The highest BCUT2D eigenvalue weighted by atomic mass is 35.5. The van der Waals surface area contributed by atoms with Crippen LogP contribution in [-0.2, 0) is 12.8 Å².